The summed E-state index contributed by atoms with van der Waals surface area (Å²) in [5, 5.41) is 11.4. The molecule has 29 heavy (non-hydrogen) atoms. The molecule has 0 amide bonds. The van der Waals surface area contributed by atoms with Crippen LogP contribution < -0.4 is 10.6 Å². The van der Waals surface area contributed by atoms with Crippen molar-refractivity contribution >= 4 is 30.5 Å². The van der Waals surface area contributed by atoms with Crippen LogP contribution in [0.1, 0.15) is 26.3 Å². The summed E-state index contributed by atoms with van der Waals surface area (Å²) in [4.78, 5) is 0. The molecule has 148 valence electrons. The molecule has 0 aliphatic heterocycles. The van der Waals surface area contributed by atoms with E-state index in [0.29, 0.717) is 5.56 Å². The van der Waals surface area contributed by atoms with E-state index in [1.165, 1.54) is 22.9 Å². The van der Waals surface area contributed by atoms with E-state index in [4.69, 9.17) is 0 Å². The van der Waals surface area contributed by atoms with Crippen molar-refractivity contribution in [2.75, 3.05) is 6.16 Å². The van der Waals surface area contributed by atoms with E-state index in [1.54, 1.807) is 18.2 Å². The Kier molecular flexibility index (Phi) is 7.06. The monoisotopic (exact) mass is 404 g/mol. The van der Waals surface area contributed by atoms with E-state index in [9.17, 15) is 4.39 Å². The summed E-state index contributed by atoms with van der Waals surface area (Å²) in [5.41, 5.74) is 1.30. The van der Waals surface area contributed by atoms with Crippen LogP contribution in [0.25, 0.3) is 0 Å². The van der Waals surface area contributed by atoms with Crippen LogP contribution in [-0.4, -0.2) is 18.1 Å². The first-order chi connectivity index (χ1) is 13.9. The standard InChI is InChI=1S/C25H26FN2P/c1-25(2,3)24(28-27-18-20-12-10-11-17-23(20)26)19-29(21-13-6-4-7-14-21)22-15-8-5-9-16-22/h4-18H,19H2,1-3H3/b27-18+,28-24-. The molecule has 3 rings (SSSR count). The van der Waals surface area contributed by atoms with Crippen LogP contribution in [0.2, 0.25) is 0 Å². The molecule has 0 unspecified atom stereocenters. The maximum absolute atomic E-state index is 13.9. The minimum absolute atomic E-state index is 0.142. The first kappa shape index (κ1) is 21.1. The van der Waals surface area contributed by atoms with Crippen molar-refractivity contribution < 1.29 is 4.39 Å². The van der Waals surface area contributed by atoms with Gasteiger partial charge in [0.25, 0.3) is 0 Å². The van der Waals surface area contributed by atoms with Gasteiger partial charge >= 0.3 is 0 Å². The fourth-order valence-electron chi connectivity index (χ4n) is 2.86. The van der Waals surface area contributed by atoms with Gasteiger partial charge in [-0.1, -0.05) is 99.6 Å². The average Bonchev–Trinajstić information content (AvgIpc) is 2.72. The molecule has 0 aromatic heterocycles. The molecule has 0 spiro atoms. The molecule has 2 nitrogen and oxygen atoms in total. The maximum Gasteiger partial charge on any atom is 0.132 e. The Hall–Kier alpha value is -2.64. The van der Waals surface area contributed by atoms with E-state index >= 15 is 0 Å². The van der Waals surface area contributed by atoms with Crippen LogP contribution in [0.4, 0.5) is 4.39 Å². The van der Waals surface area contributed by atoms with Gasteiger partial charge in [0, 0.05) is 17.1 Å². The molecule has 0 bridgehead atoms. The van der Waals surface area contributed by atoms with Gasteiger partial charge in [0.1, 0.15) is 5.82 Å². The number of hydrogen-bond acceptors (Lipinski definition) is 2. The second kappa shape index (κ2) is 9.71. The van der Waals surface area contributed by atoms with Gasteiger partial charge in [-0.15, -0.1) is 0 Å². The molecule has 0 N–H and O–H groups in total. The second-order valence-corrected chi connectivity index (χ2v) is 10.0. The molecule has 4 heteroatoms. The summed E-state index contributed by atoms with van der Waals surface area (Å²) < 4.78 is 13.9. The molecule has 0 saturated heterocycles. The van der Waals surface area contributed by atoms with E-state index in [-0.39, 0.29) is 11.2 Å². The molecule has 3 aromatic rings. The lowest BCUT2D eigenvalue weighted by molar-refractivity contribution is 0.586. The molecule has 0 radical (unpaired) electrons. The Labute approximate surface area is 174 Å². The number of benzene rings is 3. The van der Waals surface area contributed by atoms with Crippen LogP contribution in [-0.2, 0) is 0 Å². The Bertz CT molecular complexity index is 937. The predicted octanol–water partition coefficient (Wildman–Crippen LogP) is 5.78. The molecule has 0 saturated carbocycles. The van der Waals surface area contributed by atoms with Gasteiger partial charge in [-0.3, -0.25) is 0 Å². The van der Waals surface area contributed by atoms with Gasteiger partial charge in [-0.25, -0.2) is 4.39 Å². The van der Waals surface area contributed by atoms with Gasteiger partial charge < -0.3 is 0 Å². The highest BCUT2D eigenvalue weighted by Gasteiger charge is 2.24. The van der Waals surface area contributed by atoms with Crippen molar-refractivity contribution in [1.82, 2.24) is 0 Å². The lowest BCUT2D eigenvalue weighted by atomic mass is 9.91. The summed E-state index contributed by atoms with van der Waals surface area (Å²) in [5.74, 6) is -0.292. The predicted molar refractivity (Wildman–Crippen MR) is 125 cm³/mol. The van der Waals surface area contributed by atoms with E-state index < -0.39 is 7.92 Å². The van der Waals surface area contributed by atoms with E-state index in [2.05, 4.69) is 79.5 Å². The maximum atomic E-state index is 13.9. The van der Waals surface area contributed by atoms with Crippen molar-refractivity contribution in [3.8, 4) is 0 Å². The number of rotatable bonds is 6. The van der Waals surface area contributed by atoms with Crippen LogP contribution in [0.5, 0.6) is 0 Å². The summed E-state index contributed by atoms with van der Waals surface area (Å²) in [6, 6.07) is 27.7. The molecule has 0 atom stereocenters. The SMILES string of the molecule is CC(C)(C)/C(CP(c1ccccc1)c1ccccc1)=N\N=C\c1ccccc1F. The van der Waals surface area contributed by atoms with Crippen molar-refractivity contribution in [3.63, 3.8) is 0 Å². The molecule has 3 aromatic carbocycles. The average molecular weight is 404 g/mol. The first-order valence-corrected chi connectivity index (χ1v) is 11.2. The lowest BCUT2D eigenvalue weighted by Crippen LogP contribution is -2.27. The molecule has 0 aliphatic carbocycles. The summed E-state index contributed by atoms with van der Waals surface area (Å²) in [7, 11) is -0.610. The Morgan fingerprint density at radius 2 is 1.34 bits per heavy atom. The zero-order valence-electron chi connectivity index (χ0n) is 17.1. The minimum Gasteiger partial charge on any atom is -0.206 e. The summed E-state index contributed by atoms with van der Waals surface area (Å²) >= 11 is 0. The van der Waals surface area contributed by atoms with Gasteiger partial charge in [-0.05, 0) is 24.6 Å². The number of hydrogen-bond donors (Lipinski definition) is 0. The highest BCUT2D eigenvalue weighted by Crippen LogP contribution is 2.36. The third kappa shape index (κ3) is 5.92. The zero-order chi connectivity index (χ0) is 20.7. The lowest BCUT2D eigenvalue weighted by Gasteiger charge is -2.26. The van der Waals surface area contributed by atoms with Crippen LogP contribution in [0.15, 0.2) is 95.1 Å². The summed E-state index contributed by atoms with van der Waals surface area (Å²) in [6.45, 7) is 6.44. The molecule has 0 heterocycles. The van der Waals surface area contributed by atoms with Crippen molar-refractivity contribution in [2.24, 2.45) is 15.6 Å². The minimum atomic E-state index is -0.610. The fraction of sp³-hybridized carbons (Fsp3) is 0.200. The van der Waals surface area contributed by atoms with E-state index in [0.717, 1.165) is 11.9 Å². The topological polar surface area (TPSA) is 24.7 Å². The normalized spacial score (nSPS) is 12.7. The Balaban J connectivity index is 1.94. The van der Waals surface area contributed by atoms with Crippen molar-refractivity contribution in [3.05, 3.63) is 96.3 Å². The molecule has 0 aliphatic rings. The zero-order valence-corrected chi connectivity index (χ0v) is 18.0. The molecule has 0 fully saturated rings. The van der Waals surface area contributed by atoms with Gasteiger partial charge in [0.05, 0.1) is 11.9 Å². The highest BCUT2D eigenvalue weighted by atomic mass is 31.1. The van der Waals surface area contributed by atoms with Gasteiger partial charge in [0.15, 0.2) is 0 Å². The third-order valence-corrected chi connectivity index (χ3v) is 7.05. The number of halogens is 1. The van der Waals surface area contributed by atoms with Crippen molar-refractivity contribution in [2.45, 2.75) is 20.8 Å². The smallest absolute Gasteiger partial charge is 0.132 e. The van der Waals surface area contributed by atoms with Gasteiger partial charge in [-0.2, -0.15) is 10.2 Å². The van der Waals surface area contributed by atoms with E-state index in [1.807, 2.05) is 12.1 Å². The quantitative estimate of drug-likeness (QED) is 0.283. The summed E-state index contributed by atoms with van der Waals surface area (Å²) in [6.07, 6.45) is 2.30. The largest absolute Gasteiger partial charge is 0.206 e. The second-order valence-electron chi connectivity index (χ2n) is 7.82. The Morgan fingerprint density at radius 3 is 1.86 bits per heavy atom. The number of nitrogens with zero attached hydrogens (tertiary/aromatic N) is 2. The van der Waals surface area contributed by atoms with Crippen LogP contribution in [0.3, 0.4) is 0 Å². The highest BCUT2D eigenvalue weighted by molar-refractivity contribution is 7.73. The van der Waals surface area contributed by atoms with Crippen molar-refractivity contribution in [1.29, 1.82) is 0 Å². The van der Waals surface area contributed by atoms with Crippen LogP contribution >= 0.6 is 7.92 Å². The third-order valence-electron chi connectivity index (χ3n) is 4.59. The molecular formula is C25H26FN2P. The molecular weight excluding hydrogens is 378 g/mol. The van der Waals surface area contributed by atoms with Crippen LogP contribution in [0, 0.1) is 11.2 Å². The fourth-order valence-corrected chi connectivity index (χ4v) is 5.42. The Morgan fingerprint density at radius 1 is 0.828 bits per heavy atom. The first-order valence-electron chi connectivity index (χ1n) is 9.68. The van der Waals surface area contributed by atoms with Gasteiger partial charge in [0.2, 0.25) is 0 Å².